The molecule has 3 heteroatoms. The number of halogens is 2. The van der Waals surface area contributed by atoms with Gasteiger partial charge in [-0.2, -0.15) is 0 Å². The lowest BCUT2D eigenvalue weighted by Gasteiger charge is -2.04. The van der Waals surface area contributed by atoms with Crippen molar-refractivity contribution in [3.8, 4) is 5.75 Å². The molecule has 1 radical (unpaired) electrons. The summed E-state index contributed by atoms with van der Waals surface area (Å²) in [4.78, 5) is 0. The maximum atomic E-state index is 9.11. The van der Waals surface area contributed by atoms with Gasteiger partial charge in [0, 0.05) is 11.1 Å². The molecule has 0 spiro atoms. The number of hydrogen-bond acceptors (Lipinski definition) is 1. The summed E-state index contributed by atoms with van der Waals surface area (Å²) in [5.41, 5.74) is 0.768. The molecule has 0 saturated carbocycles. The fraction of sp³-hybridized carbons (Fsp3) is 0.250. The lowest BCUT2D eigenvalue weighted by molar-refractivity contribution is 0.474. The van der Waals surface area contributed by atoms with Gasteiger partial charge in [0.25, 0.3) is 0 Å². The van der Waals surface area contributed by atoms with Crippen molar-refractivity contribution >= 4 is 23.2 Å². The van der Waals surface area contributed by atoms with Crippen LogP contribution < -0.4 is 0 Å². The van der Waals surface area contributed by atoms with Crippen molar-refractivity contribution in [1.29, 1.82) is 0 Å². The highest BCUT2D eigenvalue weighted by Gasteiger charge is 2.07. The van der Waals surface area contributed by atoms with E-state index < -0.39 is 0 Å². The van der Waals surface area contributed by atoms with E-state index in [0.29, 0.717) is 16.5 Å². The Bertz CT molecular complexity index is 271. The SMILES string of the molecule is CCc1c(Cl)c[c]c(O)c1Cl. The zero-order valence-corrected chi connectivity index (χ0v) is 7.50. The molecule has 1 aromatic rings. The molecule has 0 aliphatic carbocycles. The highest BCUT2D eigenvalue weighted by molar-refractivity contribution is 6.36. The molecule has 0 saturated heterocycles. The van der Waals surface area contributed by atoms with Gasteiger partial charge in [-0.3, -0.25) is 0 Å². The Morgan fingerprint density at radius 2 is 2.18 bits per heavy atom. The average molecular weight is 190 g/mol. The fourth-order valence-corrected chi connectivity index (χ4v) is 1.48. The lowest BCUT2D eigenvalue weighted by atomic mass is 10.1. The van der Waals surface area contributed by atoms with E-state index in [9.17, 15) is 0 Å². The summed E-state index contributed by atoms with van der Waals surface area (Å²) in [6.45, 7) is 1.92. The molecular formula is C8H7Cl2O. The molecular weight excluding hydrogens is 183 g/mol. The van der Waals surface area contributed by atoms with Crippen LogP contribution in [0.3, 0.4) is 0 Å². The van der Waals surface area contributed by atoms with Gasteiger partial charge in [-0.1, -0.05) is 30.1 Å². The van der Waals surface area contributed by atoms with Crippen molar-refractivity contribution in [3.63, 3.8) is 0 Å². The minimum Gasteiger partial charge on any atom is -0.506 e. The quantitative estimate of drug-likeness (QED) is 0.721. The highest BCUT2D eigenvalue weighted by atomic mass is 35.5. The molecule has 11 heavy (non-hydrogen) atoms. The standard InChI is InChI=1S/C8H7Cl2O/c1-2-5-6(9)3-4-7(11)8(5)10/h3,11H,2H2,1H3. The molecule has 1 N–H and O–H groups in total. The first-order chi connectivity index (χ1) is 5.16. The number of hydrogen-bond donors (Lipinski definition) is 1. The molecule has 0 heterocycles. The van der Waals surface area contributed by atoms with Crippen LogP contribution in [0.25, 0.3) is 0 Å². The van der Waals surface area contributed by atoms with Crippen LogP contribution in [0.1, 0.15) is 12.5 Å². The van der Waals surface area contributed by atoms with Gasteiger partial charge >= 0.3 is 0 Å². The predicted molar refractivity (Wildman–Crippen MR) is 46.3 cm³/mol. The molecule has 0 aromatic heterocycles. The van der Waals surface area contributed by atoms with E-state index >= 15 is 0 Å². The van der Waals surface area contributed by atoms with Crippen LogP contribution in [0.15, 0.2) is 6.07 Å². The second kappa shape index (κ2) is 3.33. The van der Waals surface area contributed by atoms with Gasteiger partial charge < -0.3 is 5.11 Å². The predicted octanol–water partition coefficient (Wildman–Crippen LogP) is 3.06. The minimum absolute atomic E-state index is 0.0343. The Labute approximate surface area is 75.6 Å². The minimum atomic E-state index is -0.0343. The first kappa shape index (κ1) is 8.69. The lowest BCUT2D eigenvalue weighted by Crippen LogP contribution is -1.84. The van der Waals surface area contributed by atoms with Gasteiger partial charge in [0.05, 0.1) is 5.02 Å². The van der Waals surface area contributed by atoms with Gasteiger partial charge in [-0.05, 0) is 18.1 Å². The van der Waals surface area contributed by atoms with Gasteiger partial charge in [-0.25, -0.2) is 0 Å². The maximum Gasteiger partial charge on any atom is 0.142 e. The number of phenols is 1. The van der Waals surface area contributed by atoms with Crippen molar-refractivity contribution in [1.82, 2.24) is 0 Å². The number of benzene rings is 1. The Balaban J connectivity index is 3.29. The van der Waals surface area contributed by atoms with Crippen molar-refractivity contribution < 1.29 is 5.11 Å². The van der Waals surface area contributed by atoms with Crippen LogP contribution >= 0.6 is 23.2 Å². The molecule has 0 amide bonds. The summed E-state index contributed by atoms with van der Waals surface area (Å²) in [7, 11) is 0. The fourth-order valence-electron chi connectivity index (χ4n) is 0.854. The summed E-state index contributed by atoms with van der Waals surface area (Å²) in [5.74, 6) is -0.0343. The van der Waals surface area contributed by atoms with Gasteiger partial charge in [0.15, 0.2) is 0 Å². The zero-order valence-electron chi connectivity index (χ0n) is 5.99. The molecule has 0 aliphatic rings. The second-order valence-corrected chi connectivity index (χ2v) is 2.92. The number of phenolic OH excluding ortho intramolecular Hbond substituents is 1. The van der Waals surface area contributed by atoms with E-state index in [2.05, 4.69) is 6.07 Å². The molecule has 1 nitrogen and oxygen atoms in total. The first-order valence-electron chi connectivity index (χ1n) is 3.24. The smallest absolute Gasteiger partial charge is 0.142 e. The van der Waals surface area contributed by atoms with E-state index in [-0.39, 0.29) is 5.75 Å². The van der Waals surface area contributed by atoms with Crippen molar-refractivity contribution in [3.05, 3.63) is 27.7 Å². The summed E-state index contributed by atoms with van der Waals surface area (Å²) in [6.07, 6.45) is 0.708. The molecule has 59 valence electrons. The Kier molecular flexibility index (Phi) is 2.63. The van der Waals surface area contributed by atoms with Gasteiger partial charge in [-0.15, -0.1) is 0 Å². The normalized spacial score (nSPS) is 10.1. The monoisotopic (exact) mass is 189 g/mol. The van der Waals surface area contributed by atoms with E-state index in [4.69, 9.17) is 28.3 Å². The van der Waals surface area contributed by atoms with Crippen LogP contribution in [-0.2, 0) is 6.42 Å². The third kappa shape index (κ3) is 1.60. The second-order valence-electron chi connectivity index (χ2n) is 2.13. The summed E-state index contributed by atoms with van der Waals surface area (Å²) >= 11 is 11.5. The third-order valence-corrected chi connectivity index (χ3v) is 2.19. The average Bonchev–Trinajstić information content (AvgIpc) is 1.99. The Morgan fingerprint density at radius 3 is 2.64 bits per heavy atom. The van der Waals surface area contributed by atoms with Crippen LogP contribution in [-0.4, -0.2) is 5.11 Å². The van der Waals surface area contributed by atoms with Crippen LogP contribution in [0.2, 0.25) is 10.0 Å². The molecule has 0 unspecified atom stereocenters. The van der Waals surface area contributed by atoms with E-state index in [1.54, 1.807) is 0 Å². The molecule has 0 fully saturated rings. The van der Waals surface area contributed by atoms with Crippen molar-refractivity contribution in [2.75, 3.05) is 0 Å². The maximum absolute atomic E-state index is 9.11. The molecule has 1 aromatic carbocycles. The summed E-state index contributed by atoms with van der Waals surface area (Å²) in [5, 5.41) is 9.97. The molecule has 0 aliphatic heterocycles. The largest absolute Gasteiger partial charge is 0.506 e. The number of rotatable bonds is 1. The summed E-state index contributed by atoms with van der Waals surface area (Å²) < 4.78 is 0. The van der Waals surface area contributed by atoms with Gasteiger partial charge in [0.1, 0.15) is 5.75 Å². The van der Waals surface area contributed by atoms with Crippen molar-refractivity contribution in [2.45, 2.75) is 13.3 Å². The first-order valence-corrected chi connectivity index (χ1v) is 4.00. The zero-order chi connectivity index (χ0) is 8.43. The summed E-state index contributed by atoms with van der Waals surface area (Å²) in [6, 6.07) is 4.05. The highest BCUT2D eigenvalue weighted by Crippen LogP contribution is 2.31. The number of aromatic hydroxyl groups is 1. The molecule has 0 atom stereocenters. The van der Waals surface area contributed by atoms with Crippen LogP contribution in [0, 0.1) is 6.07 Å². The molecule has 0 bridgehead atoms. The van der Waals surface area contributed by atoms with Crippen LogP contribution in [0.4, 0.5) is 0 Å². The third-order valence-electron chi connectivity index (χ3n) is 1.45. The Morgan fingerprint density at radius 1 is 1.55 bits per heavy atom. The van der Waals surface area contributed by atoms with E-state index in [1.165, 1.54) is 6.07 Å². The van der Waals surface area contributed by atoms with Crippen LogP contribution in [0.5, 0.6) is 5.75 Å². The van der Waals surface area contributed by atoms with Crippen molar-refractivity contribution in [2.24, 2.45) is 0 Å². The molecule has 1 rings (SSSR count). The van der Waals surface area contributed by atoms with E-state index in [0.717, 1.165) is 5.56 Å². The van der Waals surface area contributed by atoms with Gasteiger partial charge in [0.2, 0.25) is 0 Å². The van der Waals surface area contributed by atoms with E-state index in [1.807, 2.05) is 6.92 Å². The topological polar surface area (TPSA) is 20.2 Å². The Hall–Kier alpha value is -0.400.